The molecule has 0 spiro atoms. The van der Waals surface area contributed by atoms with Crippen LogP contribution in [0.4, 0.5) is 0 Å². The molecule has 29 heavy (non-hydrogen) atoms. The fourth-order valence-corrected chi connectivity index (χ4v) is 4.27. The third kappa shape index (κ3) is 3.99. The highest BCUT2D eigenvalue weighted by Gasteiger charge is 2.15. The van der Waals surface area contributed by atoms with Gasteiger partial charge in [-0.1, -0.05) is 35.0 Å². The van der Waals surface area contributed by atoms with Crippen LogP contribution in [0.1, 0.15) is 12.5 Å². The Balaban J connectivity index is 1.67. The second-order valence-corrected chi connectivity index (χ2v) is 8.02. The molecule has 0 unspecified atom stereocenters. The lowest BCUT2D eigenvalue weighted by Crippen LogP contribution is -2.02. The Labute approximate surface area is 180 Å². The molecule has 1 N–H and O–H groups in total. The van der Waals surface area contributed by atoms with Crippen molar-refractivity contribution in [3.8, 4) is 17.1 Å². The average Bonchev–Trinajstić information content (AvgIpc) is 3.11. The van der Waals surface area contributed by atoms with Crippen molar-refractivity contribution < 1.29 is 9.52 Å². The van der Waals surface area contributed by atoms with Gasteiger partial charge in [0.15, 0.2) is 11.0 Å². The molecule has 0 saturated carbocycles. The first kappa shape index (κ1) is 19.8. The lowest BCUT2D eigenvalue weighted by Gasteiger charge is -2.09. The van der Waals surface area contributed by atoms with Crippen LogP contribution in [0.15, 0.2) is 56.8 Å². The van der Waals surface area contributed by atoms with Crippen LogP contribution in [0.2, 0.25) is 10.0 Å². The van der Waals surface area contributed by atoms with E-state index in [9.17, 15) is 9.90 Å². The molecular weight excluding hydrogens is 433 g/mol. The Morgan fingerprint density at radius 3 is 2.62 bits per heavy atom. The maximum Gasteiger partial charge on any atom is 0.336 e. The van der Waals surface area contributed by atoms with Gasteiger partial charge in [-0.25, -0.2) is 4.79 Å². The molecule has 4 aromatic rings. The van der Waals surface area contributed by atoms with Gasteiger partial charge < -0.3 is 14.1 Å². The molecule has 0 aliphatic carbocycles. The van der Waals surface area contributed by atoms with Gasteiger partial charge in [-0.3, -0.25) is 0 Å². The number of aromatic nitrogens is 3. The van der Waals surface area contributed by atoms with E-state index >= 15 is 0 Å². The average molecular weight is 448 g/mol. The molecule has 0 bridgehead atoms. The minimum Gasteiger partial charge on any atom is -0.506 e. The summed E-state index contributed by atoms with van der Waals surface area (Å²) in [7, 11) is 0. The molecular formula is C20H15Cl2N3O3S. The molecule has 9 heteroatoms. The second kappa shape index (κ2) is 8.10. The van der Waals surface area contributed by atoms with Crippen molar-refractivity contribution >= 4 is 45.9 Å². The lowest BCUT2D eigenvalue weighted by molar-refractivity contribution is 0.473. The summed E-state index contributed by atoms with van der Waals surface area (Å²) in [5.74, 6) is 1.07. The molecule has 0 saturated heterocycles. The Bertz CT molecular complexity index is 1250. The minimum absolute atomic E-state index is 0.134. The number of benzene rings is 2. The molecule has 6 nitrogen and oxygen atoms in total. The smallest absolute Gasteiger partial charge is 0.336 e. The van der Waals surface area contributed by atoms with Gasteiger partial charge >= 0.3 is 5.63 Å². The maximum absolute atomic E-state index is 11.9. The van der Waals surface area contributed by atoms with E-state index in [0.717, 1.165) is 22.1 Å². The van der Waals surface area contributed by atoms with Gasteiger partial charge in [0.2, 0.25) is 0 Å². The second-order valence-electron chi connectivity index (χ2n) is 6.24. The highest BCUT2D eigenvalue weighted by molar-refractivity contribution is 7.98. The molecule has 0 aliphatic heterocycles. The molecule has 4 rings (SSSR count). The molecule has 2 aromatic carbocycles. The topological polar surface area (TPSA) is 81.2 Å². The van der Waals surface area contributed by atoms with Crippen molar-refractivity contribution in [3.63, 3.8) is 0 Å². The summed E-state index contributed by atoms with van der Waals surface area (Å²) in [6.45, 7) is 2.70. The fourth-order valence-electron chi connectivity index (χ4n) is 2.99. The number of phenolic OH excluding ortho intramolecular Hbond substituents is 1. The zero-order valence-electron chi connectivity index (χ0n) is 15.2. The van der Waals surface area contributed by atoms with Gasteiger partial charge in [0.1, 0.15) is 11.3 Å². The van der Waals surface area contributed by atoms with Crippen molar-refractivity contribution in [1.82, 2.24) is 14.8 Å². The van der Waals surface area contributed by atoms with E-state index in [4.69, 9.17) is 27.6 Å². The summed E-state index contributed by atoms with van der Waals surface area (Å²) in [6.07, 6.45) is 0. The van der Waals surface area contributed by atoms with E-state index in [1.54, 1.807) is 6.07 Å². The minimum atomic E-state index is -0.492. The van der Waals surface area contributed by atoms with Crippen LogP contribution >= 0.6 is 35.0 Å². The van der Waals surface area contributed by atoms with Crippen LogP contribution < -0.4 is 5.63 Å². The highest BCUT2D eigenvalue weighted by Crippen LogP contribution is 2.33. The largest absolute Gasteiger partial charge is 0.506 e. The molecule has 2 heterocycles. The predicted octanol–water partition coefficient (Wildman–Crippen LogP) is 5.38. The van der Waals surface area contributed by atoms with Gasteiger partial charge in [0.05, 0.1) is 5.02 Å². The van der Waals surface area contributed by atoms with Crippen LogP contribution in [0.3, 0.4) is 0 Å². The Hall–Kier alpha value is -2.48. The number of hydrogen-bond acceptors (Lipinski definition) is 6. The first-order valence-electron chi connectivity index (χ1n) is 8.73. The summed E-state index contributed by atoms with van der Waals surface area (Å²) in [4.78, 5) is 11.9. The van der Waals surface area contributed by atoms with Crippen LogP contribution in [0.25, 0.3) is 22.4 Å². The first-order valence-corrected chi connectivity index (χ1v) is 10.5. The molecule has 0 radical (unpaired) electrons. The van der Waals surface area contributed by atoms with Crippen molar-refractivity contribution in [2.45, 2.75) is 24.4 Å². The normalized spacial score (nSPS) is 11.3. The molecule has 0 fully saturated rings. The van der Waals surface area contributed by atoms with Crippen LogP contribution in [0.5, 0.6) is 5.75 Å². The summed E-state index contributed by atoms with van der Waals surface area (Å²) >= 11 is 13.5. The summed E-state index contributed by atoms with van der Waals surface area (Å²) in [6, 6.07) is 11.8. The quantitative estimate of drug-likeness (QED) is 0.326. The van der Waals surface area contributed by atoms with Gasteiger partial charge in [-0.2, -0.15) is 0 Å². The Kier molecular flexibility index (Phi) is 5.54. The SMILES string of the molecule is CCn1c(SCc2cc(=O)oc3cc(O)c(Cl)cc23)nnc1-c1ccc(Cl)cc1. The molecule has 2 aromatic heterocycles. The number of nitrogens with zero attached hydrogens (tertiary/aromatic N) is 3. The van der Waals surface area contributed by atoms with Crippen molar-refractivity contribution in [2.75, 3.05) is 0 Å². The van der Waals surface area contributed by atoms with Crippen molar-refractivity contribution in [3.05, 3.63) is 68.5 Å². The number of thioether (sulfide) groups is 1. The van der Waals surface area contributed by atoms with Gasteiger partial charge in [-0.05, 0) is 42.8 Å². The molecule has 0 atom stereocenters. The van der Waals surface area contributed by atoms with E-state index in [2.05, 4.69) is 10.2 Å². The molecule has 148 valence electrons. The van der Waals surface area contributed by atoms with E-state index in [-0.39, 0.29) is 16.4 Å². The predicted molar refractivity (Wildman–Crippen MR) is 115 cm³/mol. The van der Waals surface area contributed by atoms with E-state index in [0.29, 0.717) is 22.7 Å². The van der Waals surface area contributed by atoms with Crippen LogP contribution in [0, 0.1) is 0 Å². The lowest BCUT2D eigenvalue weighted by atomic mass is 10.1. The monoisotopic (exact) mass is 447 g/mol. The van der Waals surface area contributed by atoms with E-state index < -0.39 is 5.63 Å². The third-order valence-corrected chi connectivity index (χ3v) is 5.96. The van der Waals surface area contributed by atoms with Crippen molar-refractivity contribution in [1.29, 1.82) is 0 Å². The Morgan fingerprint density at radius 2 is 1.90 bits per heavy atom. The van der Waals surface area contributed by atoms with Gasteiger partial charge in [0.25, 0.3) is 0 Å². The Morgan fingerprint density at radius 1 is 1.14 bits per heavy atom. The molecule has 0 amide bonds. The van der Waals surface area contributed by atoms with Gasteiger partial charge in [-0.15, -0.1) is 10.2 Å². The summed E-state index contributed by atoms with van der Waals surface area (Å²) in [5, 5.41) is 20.6. The zero-order valence-corrected chi connectivity index (χ0v) is 17.6. The number of phenols is 1. The van der Waals surface area contributed by atoms with E-state index in [1.165, 1.54) is 23.9 Å². The van der Waals surface area contributed by atoms with Gasteiger partial charge in [0, 0.05) is 40.4 Å². The maximum atomic E-state index is 11.9. The standard InChI is InChI=1S/C20H15Cl2N3O3S/c1-2-25-19(11-3-5-13(21)6-4-11)23-24-20(25)29-10-12-7-18(27)28-17-9-16(26)15(22)8-14(12)17/h3-9,26H,2,10H2,1H3. The number of aromatic hydroxyl groups is 1. The summed E-state index contributed by atoms with van der Waals surface area (Å²) in [5.41, 5.74) is 1.45. The number of halogens is 2. The van der Waals surface area contributed by atoms with Crippen LogP contribution in [-0.2, 0) is 12.3 Å². The van der Waals surface area contributed by atoms with E-state index in [1.807, 2.05) is 35.8 Å². The number of hydrogen-bond donors (Lipinski definition) is 1. The first-order chi connectivity index (χ1) is 14.0. The fraction of sp³-hybridized carbons (Fsp3) is 0.150. The number of rotatable bonds is 5. The van der Waals surface area contributed by atoms with Crippen LogP contribution in [-0.4, -0.2) is 19.9 Å². The zero-order chi connectivity index (χ0) is 20.5. The van der Waals surface area contributed by atoms with Crippen molar-refractivity contribution in [2.24, 2.45) is 0 Å². The summed E-state index contributed by atoms with van der Waals surface area (Å²) < 4.78 is 7.18. The third-order valence-electron chi connectivity index (χ3n) is 4.39. The molecule has 0 aliphatic rings. The number of fused-ring (bicyclic) bond motifs is 1. The highest BCUT2D eigenvalue weighted by atomic mass is 35.5.